The summed E-state index contributed by atoms with van der Waals surface area (Å²) in [4.78, 5) is 13.5. The highest BCUT2D eigenvalue weighted by Crippen LogP contribution is 2.16. The summed E-state index contributed by atoms with van der Waals surface area (Å²) in [6.07, 6.45) is 0.715. The summed E-state index contributed by atoms with van der Waals surface area (Å²) in [6.45, 7) is 0.950. The number of rotatable bonds is 3. The predicted octanol–water partition coefficient (Wildman–Crippen LogP) is 0.673. The van der Waals surface area contributed by atoms with Crippen molar-refractivity contribution in [2.24, 2.45) is 5.73 Å². The van der Waals surface area contributed by atoms with Crippen LogP contribution in [0, 0.1) is 0 Å². The molecule has 0 aliphatic carbocycles. The smallest absolute Gasteiger partial charge is 0.238 e. The van der Waals surface area contributed by atoms with Crippen LogP contribution in [-0.2, 0) is 14.6 Å². The minimum Gasteiger partial charge on any atom is -0.340 e. The van der Waals surface area contributed by atoms with E-state index in [2.05, 4.69) is 0 Å². The van der Waals surface area contributed by atoms with E-state index in [0.29, 0.717) is 24.5 Å². The summed E-state index contributed by atoms with van der Waals surface area (Å²) in [7, 11) is -3.62. The maximum atomic E-state index is 12.1. The van der Waals surface area contributed by atoms with Crippen molar-refractivity contribution in [3.63, 3.8) is 0 Å². The van der Waals surface area contributed by atoms with Gasteiger partial charge in [0.05, 0.1) is 4.90 Å². The minimum absolute atomic E-state index is 0.0535. The molecule has 0 spiro atoms. The van der Waals surface area contributed by atoms with E-state index in [1.807, 2.05) is 0 Å². The highest BCUT2D eigenvalue weighted by atomic mass is 35.5. The van der Waals surface area contributed by atoms with Crippen molar-refractivity contribution in [1.82, 2.24) is 4.90 Å². The molecule has 1 atom stereocenters. The van der Waals surface area contributed by atoms with Crippen molar-refractivity contribution < 1.29 is 13.2 Å². The molecule has 1 aromatic rings. The summed E-state index contributed by atoms with van der Waals surface area (Å²) in [5.74, 6) is -0.927. The van der Waals surface area contributed by atoms with Crippen LogP contribution in [0.4, 0.5) is 0 Å². The summed E-state index contributed by atoms with van der Waals surface area (Å²) in [6, 6.07) is 5.73. The molecule has 1 amide bonds. The van der Waals surface area contributed by atoms with Crippen LogP contribution in [0.1, 0.15) is 6.42 Å². The third-order valence-electron chi connectivity index (χ3n) is 3.06. The van der Waals surface area contributed by atoms with Gasteiger partial charge in [0.1, 0.15) is 5.75 Å². The van der Waals surface area contributed by atoms with Gasteiger partial charge in [0.15, 0.2) is 9.84 Å². The van der Waals surface area contributed by atoms with Gasteiger partial charge < -0.3 is 10.6 Å². The van der Waals surface area contributed by atoms with E-state index in [1.54, 1.807) is 0 Å². The Morgan fingerprint density at radius 3 is 2.53 bits per heavy atom. The number of carbonyl (C=O) groups is 1. The Hall–Kier alpha value is -1.11. The fourth-order valence-electron chi connectivity index (χ4n) is 1.99. The van der Waals surface area contributed by atoms with Gasteiger partial charge in [-0.25, -0.2) is 8.42 Å². The van der Waals surface area contributed by atoms with Crippen molar-refractivity contribution in [3.8, 4) is 0 Å². The number of likely N-dealkylation sites (tertiary alicyclic amines) is 1. The SMILES string of the molecule is N[C@H]1CCN(C(=O)CS(=O)(=O)c2ccc(Cl)cc2)C1. The van der Waals surface area contributed by atoms with Crippen LogP contribution >= 0.6 is 11.6 Å². The van der Waals surface area contributed by atoms with Gasteiger partial charge in [0.2, 0.25) is 5.91 Å². The molecule has 2 N–H and O–H groups in total. The summed E-state index contributed by atoms with van der Waals surface area (Å²) in [5.41, 5.74) is 5.70. The van der Waals surface area contributed by atoms with Gasteiger partial charge in [0, 0.05) is 24.2 Å². The fourth-order valence-corrected chi connectivity index (χ4v) is 3.34. The molecule has 1 aromatic carbocycles. The minimum atomic E-state index is -3.62. The van der Waals surface area contributed by atoms with Crippen molar-refractivity contribution >= 4 is 27.3 Å². The molecule has 0 bridgehead atoms. The Bertz CT molecular complexity index is 571. The van der Waals surface area contributed by atoms with Gasteiger partial charge in [-0.3, -0.25) is 4.79 Å². The molecule has 0 aromatic heterocycles. The van der Waals surface area contributed by atoms with Gasteiger partial charge >= 0.3 is 0 Å². The lowest BCUT2D eigenvalue weighted by Gasteiger charge is -2.15. The lowest BCUT2D eigenvalue weighted by molar-refractivity contribution is -0.127. The lowest BCUT2D eigenvalue weighted by Crippen LogP contribution is -2.35. The van der Waals surface area contributed by atoms with E-state index < -0.39 is 21.5 Å². The molecule has 7 heteroatoms. The number of nitrogens with zero attached hydrogens (tertiary/aromatic N) is 1. The maximum Gasteiger partial charge on any atom is 0.238 e. The maximum absolute atomic E-state index is 12.1. The van der Waals surface area contributed by atoms with E-state index in [4.69, 9.17) is 17.3 Å². The second-order valence-corrected chi connectivity index (χ2v) is 7.03. The molecule has 1 fully saturated rings. The van der Waals surface area contributed by atoms with Crippen molar-refractivity contribution in [2.75, 3.05) is 18.8 Å². The van der Waals surface area contributed by atoms with Crippen molar-refractivity contribution in [2.45, 2.75) is 17.4 Å². The number of nitrogens with two attached hydrogens (primary N) is 1. The molecule has 0 saturated carbocycles. The average Bonchev–Trinajstić information content (AvgIpc) is 2.76. The topological polar surface area (TPSA) is 80.5 Å². The van der Waals surface area contributed by atoms with E-state index in [9.17, 15) is 13.2 Å². The first-order valence-electron chi connectivity index (χ1n) is 5.90. The number of carbonyl (C=O) groups excluding carboxylic acids is 1. The number of hydrogen-bond donors (Lipinski definition) is 1. The largest absolute Gasteiger partial charge is 0.340 e. The summed E-state index contributed by atoms with van der Waals surface area (Å²) < 4.78 is 24.1. The van der Waals surface area contributed by atoms with Gasteiger partial charge in [0.25, 0.3) is 0 Å². The Kier molecular flexibility index (Phi) is 4.13. The zero-order chi connectivity index (χ0) is 14.0. The van der Waals surface area contributed by atoms with Crippen LogP contribution in [0.2, 0.25) is 5.02 Å². The van der Waals surface area contributed by atoms with Crippen LogP contribution in [0.25, 0.3) is 0 Å². The Morgan fingerprint density at radius 1 is 1.37 bits per heavy atom. The number of benzene rings is 1. The number of hydrogen-bond acceptors (Lipinski definition) is 4. The molecule has 1 saturated heterocycles. The summed E-state index contributed by atoms with van der Waals surface area (Å²) >= 11 is 5.70. The fraction of sp³-hybridized carbons (Fsp3) is 0.417. The highest BCUT2D eigenvalue weighted by molar-refractivity contribution is 7.92. The quantitative estimate of drug-likeness (QED) is 0.890. The van der Waals surface area contributed by atoms with Gasteiger partial charge in [-0.05, 0) is 30.7 Å². The zero-order valence-corrected chi connectivity index (χ0v) is 11.8. The molecule has 5 nitrogen and oxygen atoms in total. The molecule has 104 valence electrons. The zero-order valence-electron chi connectivity index (χ0n) is 10.3. The van der Waals surface area contributed by atoms with E-state index in [1.165, 1.54) is 29.2 Å². The molecule has 2 rings (SSSR count). The normalized spacial score (nSPS) is 19.7. The molecule has 1 aliphatic rings. The molecular weight excluding hydrogens is 288 g/mol. The van der Waals surface area contributed by atoms with Gasteiger partial charge in [-0.2, -0.15) is 0 Å². The second-order valence-electron chi connectivity index (χ2n) is 4.60. The standard InChI is InChI=1S/C12H15ClN2O3S/c13-9-1-3-11(4-2-9)19(17,18)8-12(16)15-6-5-10(14)7-15/h1-4,10H,5-8,14H2/t10-/m0/s1. The molecule has 0 radical (unpaired) electrons. The van der Waals surface area contributed by atoms with Crippen LogP contribution in [0.15, 0.2) is 29.2 Å². The first-order valence-corrected chi connectivity index (χ1v) is 7.93. The van der Waals surface area contributed by atoms with E-state index in [-0.39, 0.29) is 10.9 Å². The highest BCUT2D eigenvalue weighted by Gasteiger charge is 2.28. The molecule has 1 aliphatic heterocycles. The van der Waals surface area contributed by atoms with Crippen LogP contribution in [0.3, 0.4) is 0 Å². The predicted molar refractivity (Wildman–Crippen MR) is 72.7 cm³/mol. The third kappa shape index (κ3) is 3.46. The first kappa shape index (κ1) is 14.3. The van der Waals surface area contributed by atoms with Crippen molar-refractivity contribution in [1.29, 1.82) is 0 Å². The second kappa shape index (κ2) is 5.48. The molecule has 0 unspecified atom stereocenters. The number of amides is 1. The monoisotopic (exact) mass is 302 g/mol. The van der Waals surface area contributed by atoms with E-state index in [0.717, 1.165) is 0 Å². The van der Waals surface area contributed by atoms with Gasteiger partial charge in [-0.15, -0.1) is 0 Å². The van der Waals surface area contributed by atoms with Crippen LogP contribution < -0.4 is 5.73 Å². The Balaban J connectivity index is 2.09. The van der Waals surface area contributed by atoms with Gasteiger partial charge in [-0.1, -0.05) is 11.6 Å². The first-order chi connectivity index (χ1) is 8.88. The van der Waals surface area contributed by atoms with Crippen molar-refractivity contribution in [3.05, 3.63) is 29.3 Å². The molecular formula is C12H15ClN2O3S. The summed E-state index contributed by atoms with van der Waals surface area (Å²) in [5, 5.41) is 0.454. The van der Waals surface area contributed by atoms with E-state index >= 15 is 0 Å². The lowest BCUT2D eigenvalue weighted by atomic mass is 10.3. The average molecular weight is 303 g/mol. The Morgan fingerprint density at radius 2 is 2.00 bits per heavy atom. The number of halogens is 1. The third-order valence-corrected chi connectivity index (χ3v) is 4.93. The molecule has 1 heterocycles. The Labute approximate surface area is 117 Å². The van der Waals surface area contributed by atoms with Crippen LogP contribution in [-0.4, -0.2) is 44.1 Å². The number of sulfone groups is 1. The molecule has 19 heavy (non-hydrogen) atoms. The van der Waals surface area contributed by atoms with Crippen LogP contribution in [0.5, 0.6) is 0 Å².